The highest BCUT2D eigenvalue weighted by Gasteiger charge is 2.35. The lowest BCUT2D eigenvalue weighted by Gasteiger charge is -2.44. The van der Waals surface area contributed by atoms with Crippen molar-refractivity contribution in [3.63, 3.8) is 0 Å². The summed E-state index contributed by atoms with van der Waals surface area (Å²) < 4.78 is 0. The number of likely N-dealkylation sites (tertiary alicyclic amines) is 1. The van der Waals surface area contributed by atoms with E-state index in [1.807, 2.05) is 0 Å². The van der Waals surface area contributed by atoms with Gasteiger partial charge in [-0.25, -0.2) is 4.98 Å². The zero-order valence-corrected chi connectivity index (χ0v) is 15.2. The van der Waals surface area contributed by atoms with Gasteiger partial charge in [-0.15, -0.1) is 0 Å². The van der Waals surface area contributed by atoms with Crippen LogP contribution in [-0.4, -0.2) is 29.0 Å². The molecule has 2 aromatic rings. The Hall–Kier alpha value is -1.87. The number of rotatable bonds is 5. The molecule has 1 aromatic heterocycles. The molecule has 3 heteroatoms. The fourth-order valence-corrected chi connectivity index (χ4v) is 4.57. The van der Waals surface area contributed by atoms with Crippen LogP contribution in [-0.2, 0) is 19.4 Å². The van der Waals surface area contributed by atoms with Gasteiger partial charge in [-0.3, -0.25) is 4.90 Å². The third-order valence-corrected chi connectivity index (χ3v) is 5.81. The molecule has 0 unspecified atom stereocenters. The van der Waals surface area contributed by atoms with Crippen molar-refractivity contribution in [3.05, 3.63) is 59.3 Å². The van der Waals surface area contributed by atoms with E-state index in [-0.39, 0.29) is 0 Å². The van der Waals surface area contributed by atoms with Gasteiger partial charge in [-0.2, -0.15) is 0 Å². The molecule has 0 spiro atoms. The predicted octanol–water partition coefficient (Wildman–Crippen LogP) is 4.28. The first-order chi connectivity index (χ1) is 12.3. The van der Waals surface area contributed by atoms with Crippen LogP contribution in [0.3, 0.4) is 0 Å². The molecule has 0 amide bonds. The fraction of sp³-hybridized carbons (Fsp3) is 0.500. The van der Waals surface area contributed by atoms with Crippen LogP contribution < -0.4 is 5.32 Å². The van der Waals surface area contributed by atoms with E-state index in [2.05, 4.69) is 59.6 Å². The van der Waals surface area contributed by atoms with Gasteiger partial charge >= 0.3 is 0 Å². The molecule has 1 aliphatic heterocycles. The number of benzene rings is 1. The highest BCUT2D eigenvalue weighted by molar-refractivity contribution is 5.41. The summed E-state index contributed by atoms with van der Waals surface area (Å²) in [6.45, 7) is 5.67. The third kappa shape index (κ3) is 3.72. The van der Waals surface area contributed by atoms with Crippen LogP contribution in [0, 0.1) is 5.92 Å². The molecule has 1 saturated heterocycles. The number of hydrogen-bond acceptors (Lipinski definition) is 3. The highest BCUT2D eigenvalue weighted by atomic mass is 15.2. The van der Waals surface area contributed by atoms with E-state index in [1.165, 1.54) is 55.6 Å². The van der Waals surface area contributed by atoms with E-state index >= 15 is 0 Å². The second-order valence-electron chi connectivity index (χ2n) is 7.56. The van der Waals surface area contributed by atoms with Gasteiger partial charge in [0.25, 0.3) is 0 Å². The molecule has 25 heavy (non-hydrogen) atoms. The molecule has 2 atom stereocenters. The summed E-state index contributed by atoms with van der Waals surface area (Å²) in [6.07, 6.45) is 6.32. The van der Waals surface area contributed by atoms with Crippen LogP contribution in [0.2, 0.25) is 0 Å². The van der Waals surface area contributed by atoms with Gasteiger partial charge in [0.2, 0.25) is 0 Å². The summed E-state index contributed by atoms with van der Waals surface area (Å²) in [6, 6.07) is 15.8. The van der Waals surface area contributed by atoms with Gasteiger partial charge in [0.05, 0.1) is 0 Å². The maximum absolute atomic E-state index is 4.96. The van der Waals surface area contributed by atoms with E-state index in [9.17, 15) is 0 Å². The Bertz CT molecular complexity index is 696. The minimum absolute atomic E-state index is 0.742. The molecule has 4 rings (SSSR count). The Kier molecular flexibility index (Phi) is 5.02. The van der Waals surface area contributed by atoms with Crippen LogP contribution in [0.5, 0.6) is 0 Å². The standard InChI is InChI=1S/C22H29N3/c1-2-12-25-13-6-9-19-14-20-18(15-21(19)25)10-11-22(24-20)23-16-17-7-4-3-5-8-17/h3-5,7-8,10-11,19,21H,2,6,9,12-16H2,1H3,(H,23,24)/t19-,21-/m1/s1. The van der Waals surface area contributed by atoms with Crippen LogP contribution in [0.15, 0.2) is 42.5 Å². The summed E-state index contributed by atoms with van der Waals surface area (Å²) in [7, 11) is 0. The second-order valence-corrected chi connectivity index (χ2v) is 7.56. The van der Waals surface area contributed by atoms with Crippen molar-refractivity contribution < 1.29 is 0 Å². The summed E-state index contributed by atoms with van der Waals surface area (Å²) in [5, 5.41) is 3.49. The Morgan fingerprint density at radius 1 is 1.12 bits per heavy atom. The molecular formula is C22H29N3. The Morgan fingerprint density at radius 3 is 2.84 bits per heavy atom. The molecule has 0 radical (unpaired) electrons. The monoisotopic (exact) mass is 335 g/mol. The molecule has 1 aromatic carbocycles. The molecule has 0 saturated carbocycles. The SMILES string of the molecule is CCCN1CCC[C@@H]2Cc3nc(NCc4ccccc4)ccc3C[C@H]21. The summed E-state index contributed by atoms with van der Waals surface area (Å²) in [4.78, 5) is 7.70. The predicted molar refractivity (Wildman–Crippen MR) is 104 cm³/mol. The minimum Gasteiger partial charge on any atom is -0.366 e. The smallest absolute Gasteiger partial charge is 0.126 e. The molecule has 0 bridgehead atoms. The lowest BCUT2D eigenvalue weighted by Crippen LogP contribution is -2.49. The topological polar surface area (TPSA) is 28.2 Å². The highest BCUT2D eigenvalue weighted by Crippen LogP contribution is 2.34. The molecule has 3 nitrogen and oxygen atoms in total. The number of fused-ring (bicyclic) bond motifs is 2. The van der Waals surface area contributed by atoms with Gasteiger partial charge in [0.15, 0.2) is 0 Å². The summed E-state index contributed by atoms with van der Waals surface area (Å²) >= 11 is 0. The molecule has 1 N–H and O–H groups in total. The van der Waals surface area contributed by atoms with Gasteiger partial charge in [-0.1, -0.05) is 43.3 Å². The number of piperidine rings is 1. The van der Waals surface area contributed by atoms with Gasteiger partial charge in [0.1, 0.15) is 5.82 Å². The van der Waals surface area contributed by atoms with Gasteiger partial charge in [-0.05, 0) is 68.3 Å². The van der Waals surface area contributed by atoms with Gasteiger partial charge < -0.3 is 5.32 Å². The average molecular weight is 335 g/mol. The van der Waals surface area contributed by atoms with Gasteiger partial charge in [0, 0.05) is 18.3 Å². The largest absolute Gasteiger partial charge is 0.366 e. The normalized spacial score (nSPS) is 22.9. The second kappa shape index (κ2) is 7.57. The summed E-state index contributed by atoms with van der Waals surface area (Å²) in [5.41, 5.74) is 4.09. The van der Waals surface area contributed by atoms with Crippen molar-refractivity contribution in [1.29, 1.82) is 0 Å². The number of aromatic nitrogens is 1. The quantitative estimate of drug-likeness (QED) is 0.884. The van der Waals surface area contributed by atoms with E-state index in [0.29, 0.717) is 0 Å². The van der Waals surface area contributed by atoms with E-state index in [0.717, 1.165) is 30.7 Å². The van der Waals surface area contributed by atoms with Crippen LogP contribution in [0.4, 0.5) is 5.82 Å². The minimum atomic E-state index is 0.742. The number of pyridine rings is 1. The zero-order chi connectivity index (χ0) is 17.1. The van der Waals surface area contributed by atoms with Crippen molar-refractivity contribution in [3.8, 4) is 0 Å². The zero-order valence-electron chi connectivity index (χ0n) is 15.2. The average Bonchev–Trinajstić information content (AvgIpc) is 2.66. The van der Waals surface area contributed by atoms with Crippen molar-refractivity contribution in [1.82, 2.24) is 9.88 Å². The fourth-order valence-electron chi connectivity index (χ4n) is 4.57. The van der Waals surface area contributed by atoms with E-state index in [4.69, 9.17) is 4.98 Å². The molecule has 2 aliphatic rings. The van der Waals surface area contributed by atoms with E-state index in [1.54, 1.807) is 0 Å². The van der Waals surface area contributed by atoms with Crippen LogP contribution in [0.1, 0.15) is 43.0 Å². The summed E-state index contributed by atoms with van der Waals surface area (Å²) in [5.74, 6) is 1.81. The van der Waals surface area contributed by atoms with Crippen LogP contribution >= 0.6 is 0 Å². The van der Waals surface area contributed by atoms with Crippen molar-refractivity contribution in [2.45, 2.75) is 51.6 Å². The third-order valence-electron chi connectivity index (χ3n) is 5.81. The number of nitrogens with one attached hydrogen (secondary N) is 1. The molecule has 132 valence electrons. The Morgan fingerprint density at radius 2 is 2.00 bits per heavy atom. The van der Waals surface area contributed by atoms with Crippen molar-refractivity contribution in [2.75, 3.05) is 18.4 Å². The Balaban J connectivity index is 1.46. The van der Waals surface area contributed by atoms with Crippen molar-refractivity contribution in [2.24, 2.45) is 5.92 Å². The first-order valence-corrected chi connectivity index (χ1v) is 9.84. The molecule has 2 heterocycles. The first kappa shape index (κ1) is 16.6. The molecular weight excluding hydrogens is 306 g/mol. The lowest BCUT2D eigenvalue weighted by molar-refractivity contribution is 0.0846. The van der Waals surface area contributed by atoms with E-state index < -0.39 is 0 Å². The molecule has 1 aliphatic carbocycles. The maximum Gasteiger partial charge on any atom is 0.126 e. The first-order valence-electron chi connectivity index (χ1n) is 9.84. The van der Waals surface area contributed by atoms with Crippen molar-refractivity contribution >= 4 is 5.82 Å². The lowest BCUT2D eigenvalue weighted by atomic mass is 9.77. The number of nitrogens with zero attached hydrogens (tertiary/aromatic N) is 2. The number of hydrogen-bond donors (Lipinski definition) is 1. The van der Waals surface area contributed by atoms with Crippen LogP contribution in [0.25, 0.3) is 0 Å². The Labute approximate surface area is 151 Å². The maximum atomic E-state index is 4.96. The molecule has 1 fully saturated rings. The number of anilines is 1.